The number of amides is 1. The van der Waals surface area contributed by atoms with Gasteiger partial charge in [-0.2, -0.15) is 5.10 Å². The molecular formula is C18H20N4O3S. The molecule has 0 aliphatic carbocycles. The van der Waals surface area contributed by atoms with E-state index in [1.54, 1.807) is 35.9 Å². The van der Waals surface area contributed by atoms with Crippen molar-refractivity contribution >= 4 is 28.0 Å². The molecule has 0 bridgehead atoms. The summed E-state index contributed by atoms with van der Waals surface area (Å²) in [6.45, 7) is 0.539. The van der Waals surface area contributed by atoms with Crippen LogP contribution in [0.2, 0.25) is 0 Å². The highest BCUT2D eigenvalue weighted by molar-refractivity contribution is 7.15. The van der Waals surface area contributed by atoms with Crippen molar-refractivity contribution in [3.8, 4) is 5.75 Å². The molecule has 0 spiro atoms. The van der Waals surface area contributed by atoms with Crippen molar-refractivity contribution in [1.82, 2.24) is 19.9 Å². The Balaban J connectivity index is 1.36. The van der Waals surface area contributed by atoms with Crippen LogP contribution in [0.3, 0.4) is 0 Å². The van der Waals surface area contributed by atoms with E-state index >= 15 is 0 Å². The Hall–Kier alpha value is -2.74. The van der Waals surface area contributed by atoms with Crippen LogP contribution in [0.5, 0.6) is 5.75 Å². The van der Waals surface area contributed by atoms with Crippen molar-refractivity contribution in [3.05, 3.63) is 47.2 Å². The number of Topliss-reactive ketones (excluding diaryl/α,β-unsaturated/α-hetero) is 1. The number of aromatic nitrogens is 3. The van der Waals surface area contributed by atoms with Gasteiger partial charge in [0, 0.05) is 36.8 Å². The molecule has 0 saturated carbocycles. The maximum absolute atomic E-state index is 12.1. The first-order valence-corrected chi connectivity index (χ1v) is 9.25. The fourth-order valence-electron chi connectivity index (χ4n) is 2.59. The monoisotopic (exact) mass is 372 g/mol. The van der Waals surface area contributed by atoms with E-state index in [0.29, 0.717) is 37.8 Å². The average Bonchev–Trinajstić information content (AvgIpc) is 3.26. The first-order chi connectivity index (χ1) is 12.7. The van der Waals surface area contributed by atoms with Gasteiger partial charge in [-0.05, 0) is 30.7 Å². The van der Waals surface area contributed by atoms with Crippen LogP contribution < -0.4 is 10.1 Å². The predicted octanol–water partition coefficient (Wildman–Crippen LogP) is 2.51. The molecule has 26 heavy (non-hydrogen) atoms. The van der Waals surface area contributed by atoms with Crippen LogP contribution >= 0.6 is 11.3 Å². The third kappa shape index (κ3) is 4.45. The number of thiazole rings is 1. The van der Waals surface area contributed by atoms with E-state index in [1.807, 2.05) is 5.38 Å². The zero-order valence-corrected chi connectivity index (χ0v) is 15.3. The van der Waals surface area contributed by atoms with E-state index in [4.69, 9.17) is 4.74 Å². The molecule has 136 valence electrons. The molecule has 0 unspecified atom stereocenters. The molecule has 0 saturated heterocycles. The second kappa shape index (κ2) is 8.57. The molecule has 2 aromatic heterocycles. The van der Waals surface area contributed by atoms with Crippen LogP contribution in [-0.2, 0) is 11.2 Å². The van der Waals surface area contributed by atoms with Crippen molar-refractivity contribution in [3.63, 3.8) is 0 Å². The summed E-state index contributed by atoms with van der Waals surface area (Å²) in [5.41, 5.74) is 1.66. The van der Waals surface area contributed by atoms with E-state index in [0.717, 1.165) is 16.4 Å². The van der Waals surface area contributed by atoms with E-state index in [2.05, 4.69) is 15.4 Å². The van der Waals surface area contributed by atoms with E-state index in [9.17, 15) is 9.59 Å². The number of carbonyl (C=O) groups is 2. The Morgan fingerprint density at radius 1 is 1.23 bits per heavy atom. The van der Waals surface area contributed by atoms with E-state index in [1.165, 1.54) is 17.7 Å². The average molecular weight is 372 g/mol. The number of ether oxygens (including phenoxy) is 1. The Morgan fingerprint density at radius 2 is 2.04 bits per heavy atom. The standard InChI is InChI=1S/C18H20N4O3S/c1-25-15-7-5-13(6-8-15)16(23)3-2-4-17(24)19-10-9-14-11-26-18-20-12-21-22(14)18/h5-8,11-12H,2-4,9-10H2,1H3,(H,19,24). The van der Waals surface area contributed by atoms with Crippen molar-refractivity contribution in [2.75, 3.05) is 13.7 Å². The Bertz CT molecular complexity index is 885. The van der Waals surface area contributed by atoms with Crippen LogP contribution in [0.25, 0.3) is 4.96 Å². The number of ketones is 1. The number of methoxy groups -OCH3 is 1. The van der Waals surface area contributed by atoms with Gasteiger partial charge in [-0.15, -0.1) is 11.3 Å². The Morgan fingerprint density at radius 3 is 2.81 bits per heavy atom. The van der Waals surface area contributed by atoms with Gasteiger partial charge < -0.3 is 10.1 Å². The van der Waals surface area contributed by atoms with Gasteiger partial charge in [0.15, 0.2) is 5.78 Å². The van der Waals surface area contributed by atoms with Gasteiger partial charge in [-0.25, -0.2) is 9.50 Å². The van der Waals surface area contributed by atoms with Gasteiger partial charge in [0.2, 0.25) is 10.9 Å². The molecule has 0 atom stereocenters. The molecule has 0 fully saturated rings. The summed E-state index contributed by atoms with van der Waals surface area (Å²) in [6, 6.07) is 7.01. The number of nitrogens with zero attached hydrogens (tertiary/aromatic N) is 3. The highest BCUT2D eigenvalue weighted by Gasteiger charge is 2.09. The number of rotatable bonds is 9. The predicted molar refractivity (Wildman–Crippen MR) is 98.8 cm³/mol. The molecule has 0 radical (unpaired) electrons. The fraction of sp³-hybridized carbons (Fsp3) is 0.333. The number of fused-ring (bicyclic) bond motifs is 1. The van der Waals surface area contributed by atoms with Crippen molar-refractivity contribution in [2.24, 2.45) is 0 Å². The molecule has 2 heterocycles. The molecule has 3 aromatic rings. The van der Waals surface area contributed by atoms with Crippen LogP contribution in [0.15, 0.2) is 36.0 Å². The fourth-order valence-corrected chi connectivity index (χ4v) is 3.42. The number of nitrogens with one attached hydrogen (secondary N) is 1. The highest BCUT2D eigenvalue weighted by Crippen LogP contribution is 2.14. The largest absolute Gasteiger partial charge is 0.497 e. The molecule has 1 amide bonds. The maximum atomic E-state index is 12.1. The topological polar surface area (TPSA) is 85.6 Å². The second-order valence-corrected chi connectivity index (χ2v) is 6.62. The zero-order chi connectivity index (χ0) is 18.4. The normalized spacial score (nSPS) is 10.8. The number of hydrogen-bond acceptors (Lipinski definition) is 6. The van der Waals surface area contributed by atoms with Crippen molar-refractivity contribution < 1.29 is 14.3 Å². The lowest BCUT2D eigenvalue weighted by Crippen LogP contribution is -2.25. The first-order valence-electron chi connectivity index (χ1n) is 8.37. The van der Waals surface area contributed by atoms with Gasteiger partial charge >= 0.3 is 0 Å². The molecule has 1 aromatic carbocycles. The SMILES string of the molecule is COc1ccc(C(=O)CCCC(=O)NCCc2csc3ncnn23)cc1. The lowest BCUT2D eigenvalue weighted by molar-refractivity contribution is -0.121. The minimum Gasteiger partial charge on any atom is -0.497 e. The minimum absolute atomic E-state index is 0.0345. The quantitative estimate of drug-likeness (QED) is 0.583. The van der Waals surface area contributed by atoms with Crippen LogP contribution in [0.4, 0.5) is 0 Å². The summed E-state index contributed by atoms with van der Waals surface area (Å²) in [7, 11) is 1.59. The maximum Gasteiger partial charge on any atom is 0.220 e. The van der Waals surface area contributed by atoms with Gasteiger partial charge in [0.1, 0.15) is 12.1 Å². The zero-order valence-electron chi connectivity index (χ0n) is 14.5. The summed E-state index contributed by atoms with van der Waals surface area (Å²) in [6.07, 6.45) is 3.43. The number of carbonyl (C=O) groups excluding carboxylic acids is 2. The Labute approximate surface area is 155 Å². The van der Waals surface area contributed by atoms with E-state index in [-0.39, 0.29) is 11.7 Å². The second-order valence-electron chi connectivity index (χ2n) is 5.79. The molecule has 1 N–H and O–H groups in total. The minimum atomic E-state index is -0.0439. The van der Waals surface area contributed by atoms with Gasteiger partial charge in [0.05, 0.1) is 12.8 Å². The third-order valence-corrected chi connectivity index (χ3v) is 4.89. The molecule has 0 aliphatic rings. The number of hydrogen-bond donors (Lipinski definition) is 1. The summed E-state index contributed by atoms with van der Waals surface area (Å²) < 4.78 is 6.85. The molecule has 3 rings (SSSR count). The van der Waals surface area contributed by atoms with Crippen molar-refractivity contribution in [2.45, 2.75) is 25.7 Å². The molecule has 8 heteroatoms. The van der Waals surface area contributed by atoms with Gasteiger partial charge in [0.25, 0.3) is 0 Å². The van der Waals surface area contributed by atoms with Gasteiger partial charge in [-0.3, -0.25) is 9.59 Å². The smallest absolute Gasteiger partial charge is 0.220 e. The summed E-state index contributed by atoms with van der Waals surface area (Å²) >= 11 is 1.53. The summed E-state index contributed by atoms with van der Waals surface area (Å²) in [5.74, 6) is 0.708. The molecular weight excluding hydrogens is 352 g/mol. The van der Waals surface area contributed by atoms with Crippen LogP contribution in [0.1, 0.15) is 35.3 Å². The van der Waals surface area contributed by atoms with Crippen LogP contribution in [0, 0.1) is 0 Å². The lowest BCUT2D eigenvalue weighted by atomic mass is 10.1. The third-order valence-electron chi connectivity index (χ3n) is 4.01. The molecule has 7 nitrogen and oxygen atoms in total. The van der Waals surface area contributed by atoms with Crippen molar-refractivity contribution in [1.29, 1.82) is 0 Å². The number of benzene rings is 1. The Kier molecular flexibility index (Phi) is 5.96. The summed E-state index contributed by atoms with van der Waals surface area (Å²) in [4.78, 5) is 29.0. The lowest BCUT2D eigenvalue weighted by Gasteiger charge is -2.05. The van der Waals surface area contributed by atoms with Crippen LogP contribution in [-0.4, -0.2) is 39.9 Å². The summed E-state index contributed by atoms with van der Waals surface area (Å²) in [5, 5.41) is 9.02. The van der Waals surface area contributed by atoms with E-state index < -0.39 is 0 Å². The van der Waals surface area contributed by atoms with Gasteiger partial charge in [-0.1, -0.05) is 0 Å². The highest BCUT2D eigenvalue weighted by atomic mass is 32.1. The first kappa shape index (κ1) is 18.1. The molecule has 0 aliphatic heterocycles.